The standard InChI is InChI=1S/C8H9N3O3/c1-11-2-4-5(6(11)8(13)14)9-3-10-7(4)12/h3,6H,2H2,1H3,(H,13,14)(H,9,10,12). The monoisotopic (exact) mass is 195 g/mol. The van der Waals surface area contributed by atoms with Crippen molar-refractivity contribution in [3.8, 4) is 0 Å². The maximum atomic E-state index is 11.3. The highest BCUT2D eigenvalue weighted by atomic mass is 16.4. The molecular formula is C8H9N3O3. The molecule has 0 aliphatic carbocycles. The van der Waals surface area contributed by atoms with E-state index in [0.717, 1.165) is 0 Å². The van der Waals surface area contributed by atoms with E-state index in [-0.39, 0.29) is 5.56 Å². The lowest BCUT2D eigenvalue weighted by atomic mass is 10.2. The lowest BCUT2D eigenvalue weighted by Gasteiger charge is -2.13. The van der Waals surface area contributed by atoms with E-state index in [1.165, 1.54) is 6.33 Å². The summed E-state index contributed by atoms with van der Waals surface area (Å²) in [5, 5.41) is 8.93. The quantitative estimate of drug-likeness (QED) is 0.621. The van der Waals surface area contributed by atoms with E-state index < -0.39 is 12.0 Å². The number of aliphatic carboxylic acids is 1. The van der Waals surface area contributed by atoms with Crippen molar-refractivity contribution < 1.29 is 9.90 Å². The Bertz CT molecular complexity index is 440. The van der Waals surface area contributed by atoms with Crippen LogP contribution in [0.2, 0.25) is 0 Å². The summed E-state index contributed by atoms with van der Waals surface area (Å²) in [6.45, 7) is 0.329. The number of carboxylic acids is 1. The van der Waals surface area contributed by atoms with Gasteiger partial charge in [0.15, 0.2) is 6.04 Å². The van der Waals surface area contributed by atoms with E-state index in [9.17, 15) is 9.59 Å². The number of nitrogens with one attached hydrogen (secondary N) is 1. The molecule has 0 bridgehead atoms. The molecule has 1 atom stereocenters. The summed E-state index contributed by atoms with van der Waals surface area (Å²) in [5.74, 6) is -0.982. The second-order valence-corrected chi connectivity index (χ2v) is 3.25. The van der Waals surface area contributed by atoms with Crippen molar-refractivity contribution in [2.45, 2.75) is 12.6 Å². The van der Waals surface area contributed by atoms with Crippen LogP contribution in [0.1, 0.15) is 17.3 Å². The number of hydrogen-bond acceptors (Lipinski definition) is 4. The highest BCUT2D eigenvalue weighted by molar-refractivity contribution is 5.76. The molecule has 6 heteroatoms. The molecule has 2 heterocycles. The maximum Gasteiger partial charge on any atom is 0.327 e. The topological polar surface area (TPSA) is 86.3 Å². The van der Waals surface area contributed by atoms with Gasteiger partial charge in [-0.05, 0) is 7.05 Å². The molecule has 0 radical (unpaired) electrons. The number of hydrogen-bond donors (Lipinski definition) is 2. The van der Waals surface area contributed by atoms with Crippen LogP contribution >= 0.6 is 0 Å². The molecule has 0 aromatic carbocycles. The summed E-state index contributed by atoms with van der Waals surface area (Å²) in [7, 11) is 1.65. The van der Waals surface area contributed by atoms with Crippen molar-refractivity contribution in [1.82, 2.24) is 14.9 Å². The highest BCUT2D eigenvalue weighted by Crippen LogP contribution is 2.27. The minimum atomic E-state index is -0.982. The highest BCUT2D eigenvalue weighted by Gasteiger charge is 2.35. The number of carbonyl (C=O) groups is 1. The van der Waals surface area contributed by atoms with Crippen molar-refractivity contribution in [3.63, 3.8) is 0 Å². The number of fused-ring (bicyclic) bond motifs is 1. The van der Waals surface area contributed by atoms with Gasteiger partial charge in [0.05, 0.1) is 17.6 Å². The van der Waals surface area contributed by atoms with Gasteiger partial charge in [0.1, 0.15) is 0 Å². The Balaban J connectivity index is 2.58. The molecule has 2 rings (SSSR count). The first-order chi connectivity index (χ1) is 6.61. The summed E-state index contributed by atoms with van der Waals surface area (Å²) in [6.07, 6.45) is 1.23. The van der Waals surface area contributed by atoms with Crippen LogP contribution in [0.5, 0.6) is 0 Å². The molecule has 1 unspecified atom stereocenters. The number of likely N-dealkylation sites (N-methyl/N-ethyl adjacent to an activating group) is 1. The molecule has 1 aromatic rings. The van der Waals surface area contributed by atoms with Crippen LogP contribution < -0.4 is 5.56 Å². The van der Waals surface area contributed by atoms with Crippen LogP contribution in [0.3, 0.4) is 0 Å². The van der Waals surface area contributed by atoms with Crippen LogP contribution in [-0.2, 0) is 11.3 Å². The maximum absolute atomic E-state index is 11.3. The van der Waals surface area contributed by atoms with E-state index in [4.69, 9.17) is 5.11 Å². The molecule has 14 heavy (non-hydrogen) atoms. The third kappa shape index (κ3) is 1.12. The summed E-state index contributed by atoms with van der Waals surface area (Å²) < 4.78 is 0. The van der Waals surface area contributed by atoms with Gasteiger partial charge in [-0.1, -0.05) is 0 Å². The van der Waals surface area contributed by atoms with Crippen LogP contribution in [0, 0.1) is 0 Å². The van der Waals surface area contributed by atoms with Gasteiger partial charge >= 0.3 is 5.97 Å². The zero-order valence-electron chi connectivity index (χ0n) is 7.52. The number of rotatable bonds is 1. The number of nitrogens with zero attached hydrogens (tertiary/aromatic N) is 2. The third-order valence-electron chi connectivity index (χ3n) is 2.32. The molecular weight excluding hydrogens is 186 g/mol. The van der Waals surface area contributed by atoms with Crippen LogP contribution in [-0.4, -0.2) is 33.0 Å². The fourth-order valence-corrected chi connectivity index (χ4v) is 1.69. The lowest BCUT2D eigenvalue weighted by molar-refractivity contribution is -0.142. The van der Waals surface area contributed by atoms with E-state index >= 15 is 0 Å². The summed E-state index contributed by atoms with van der Waals surface area (Å²) in [4.78, 5) is 30.1. The van der Waals surface area contributed by atoms with Crippen molar-refractivity contribution >= 4 is 5.97 Å². The van der Waals surface area contributed by atoms with E-state index in [1.807, 2.05) is 0 Å². The zero-order chi connectivity index (χ0) is 10.3. The predicted octanol–water partition coefficient (Wildman–Crippen LogP) is -0.659. The second-order valence-electron chi connectivity index (χ2n) is 3.25. The van der Waals surface area contributed by atoms with Crippen LogP contribution in [0.25, 0.3) is 0 Å². The van der Waals surface area contributed by atoms with Gasteiger partial charge < -0.3 is 10.1 Å². The average molecular weight is 195 g/mol. The Hall–Kier alpha value is -1.69. The molecule has 0 fully saturated rings. The van der Waals surface area contributed by atoms with Gasteiger partial charge in [-0.3, -0.25) is 14.5 Å². The predicted molar refractivity (Wildman–Crippen MR) is 46.7 cm³/mol. The number of H-pyrrole nitrogens is 1. The van der Waals surface area contributed by atoms with Gasteiger partial charge in [0, 0.05) is 6.54 Å². The smallest absolute Gasteiger partial charge is 0.327 e. The Labute approximate surface area is 79.2 Å². The molecule has 0 spiro atoms. The fourth-order valence-electron chi connectivity index (χ4n) is 1.69. The minimum Gasteiger partial charge on any atom is -0.480 e. The van der Waals surface area contributed by atoms with E-state index in [1.54, 1.807) is 11.9 Å². The molecule has 74 valence electrons. The van der Waals surface area contributed by atoms with E-state index in [0.29, 0.717) is 17.8 Å². The molecule has 2 N–H and O–H groups in total. The minimum absolute atomic E-state index is 0.259. The summed E-state index contributed by atoms with van der Waals surface area (Å²) in [5.41, 5.74) is 0.539. The second kappa shape index (κ2) is 2.91. The Kier molecular flexibility index (Phi) is 1.85. The molecule has 0 amide bonds. The fraction of sp³-hybridized carbons (Fsp3) is 0.375. The van der Waals surface area contributed by atoms with E-state index in [2.05, 4.69) is 9.97 Å². The first kappa shape index (κ1) is 8.89. The Morgan fingerprint density at radius 1 is 1.79 bits per heavy atom. The summed E-state index contributed by atoms with van der Waals surface area (Å²) >= 11 is 0. The van der Waals surface area contributed by atoms with Crippen molar-refractivity contribution in [3.05, 3.63) is 27.9 Å². The molecule has 1 aromatic heterocycles. The first-order valence-electron chi connectivity index (χ1n) is 4.10. The van der Waals surface area contributed by atoms with Gasteiger partial charge in [0.2, 0.25) is 0 Å². The largest absolute Gasteiger partial charge is 0.480 e. The van der Waals surface area contributed by atoms with Gasteiger partial charge in [0.25, 0.3) is 5.56 Å². The third-order valence-corrected chi connectivity index (χ3v) is 2.32. The van der Waals surface area contributed by atoms with Crippen molar-refractivity contribution in [1.29, 1.82) is 0 Å². The van der Waals surface area contributed by atoms with Gasteiger partial charge in [-0.25, -0.2) is 4.98 Å². The summed E-state index contributed by atoms with van der Waals surface area (Å²) in [6, 6.07) is -0.799. The zero-order valence-corrected chi connectivity index (χ0v) is 7.52. The Morgan fingerprint density at radius 3 is 3.14 bits per heavy atom. The van der Waals surface area contributed by atoms with Crippen LogP contribution in [0.15, 0.2) is 11.1 Å². The average Bonchev–Trinajstić information content (AvgIpc) is 2.42. The Morgan fingerprint density at radius 2 is 2.50 bits per heavy atom. The lowest BCUT2D eigenvalue weighted by Crippen LogP contribution is -2.24. The van der Waals surface area contributed by atoms with Crippen LogP contribution in [0.4, 0.5) is 0 Å². The first-order valence-corrected chi connectivity index (χ1v) is 4.10. The number of aromatic amines is 1. The molecule has 0 saturated carbocycles. The van der Waals surface area contributed by atoms with Crippen molar-refractivity contribution in [2.75, 3.05) is 7.05 Å². The normalized spacial score (nSPS) is 20.8. The SMILES string of the molecule is CN1Cc2c(nc[nH]c2=O)C1C(=O)O. The number of carboxylic acid groups (broad SMARTS) is 1. The van der Waals surface area contributed by atoms with Gasteiger partial charge in [-0.2, -0.15) is 0 Å². The molecule has 6 nitrogen and oxygen atoms in total. The molecule has 1 aliphatic heterocycles. The molecule has 0 saturated heterocycles. The number of aromatic nitrogens is 2. The van der Waals surface area contributed by atoms with Gasteiger partial charge in [-0.15, -0.1) is 0 Å². The van der Waals surface area contributed by atoms with Crippen molar-refractivity contribution in [2.24, 2.45) is 0 Å². The molecule has 1 aliphatic rings.